The Morgan fingerprint density at radius 2 is 1.67 bits per heavy atom. The first-order valence-electron chi connectivity index (χ1n) is 7.50. The van der Waals surface area contributed by atoms with Crippen LogP contribution in [0.1, 0.15) is 72.1 Å². The van der Waals surface area contributed by atoms with Gasteiger partial charge in [0, 0.05) is 6.08 Å². The van der Waals surface area contributed by atoms with Crippen LogP contribution >= 0.6 is 0 Å². The predicted octanol–water partition coefficient (Wildman–Crippen LogP) is 4.88. The number of esters is 1. The first-order chi connectivity index (χ1) is 8.66. The third kappa shape index (κ3) is 13.3. The number of carbonyl (C=O) groups excluding carboxylic acids is 1. The second-order valence-electron chi connectivity index (χ2n) is 5.32. The van der Waals surface area contributed by atoms with Gasteiger partial charge in [-0.25, -0.2) is 4.79 Å². The maximum Gasteiger partial charge on any atom is 0.330 e. The molecule has 0 aromatic heterocycles. The van der Waals surface area contributed by atoms with Crippen molar-refractivity contribution in [3.05, 3.63) is 12.2 Å². The number of hydrogen-bond donors (Lipinski definition) is 0. The summed E-state index contributed by atoms with van der Waals surface area (Å²) < 4.78 is 5.13. The Bertz CT molecular complexity index is 219. The van der Waals surface area contributed by atoms with Crippen molar-refractivity contribution in [2.75, 3.05) is 6.61 Å². The Hall–Kier alpha value is -0.790. The Kier molecular flexibility index (Phi) is 12.1. The van der Waals surface area contributed by atoms with Crippen molar-refractivity contribution in [2.24, 2.45) is 5.92 Å². The normalized spacial score (nSPS) is 11.3. The summed E-state index contributed by atoms with van der Waals surface area (Å²) in [5, 5.41) is 0. The van der Waals surface area contributed by atoms with Crippen molar-refractivity contribution in [2.45, 2.75) is 72.1 Å². The van der Waals surface area contributed by atoms with Crippen LogP contribution in [0, 0.1) is 5.92 Å². The van der Waals surface area contributed by atoms with E-state index >= 15 is 0 Å². The van der Waals surface area contributed by atoms with Crippen LogP contribution in [0.25, 0.3) is 0 Å². The number of rotatable bonds is 11. The maximum atomic E-state index is 11.3. The minimum absolute atomic E-state index is 0.193. The molecule has 106 valence electrons. The Morgan fingerprint density at radius 3 is 2.28 bits per heavy atom. The van der Waals surface area contributed by atoms with Crippen LogP contribution in [-0.2, 0) is 9.53 Å². The molecule has 2 heteroatoms. The summed E-state index contributed by atoms with van der Waals surface area (Å²) in [6.07, 6.45) is 13.1. The van der Waals surface area contributed by atoms with E-state index < -0.39 is 0 Å². The third-order valence-electron chi connectivity index (χ3n) is 2.85. The molecule has 0 aliphatic heterocycles. The summed E-state index contributed by atoms with van der Waals surface area (Å²) in [5.41, 5.74) is 0. The Balaban J connectivity index is 3.27. The highest BCUT2D eigenvalue weighted by Crippen LogP contribution is 2.07. The zero-order valence-electron chi connectivity index (χ0n) is 12.4. The SMILES string of the molecule is CCCCCCCCCOC(=O)C=CCC(C)C. The minimum atomic E-state index is -0.193. The molecule has 0 amide bonds. The van der Waals surface area contributed by atoms with Crippen molar-refractivity contribution in [3.8, 4) is 0 Å². The predicted molar refractivity (Wildman–Crippen MR) is 77.5 cm³/mol. The van der Waals surface area contributed by atoms with E-state index in [-0.39, 0.29) is 5.97 Å². The number of hydrogen-bond acceptors (Lipinski definition) is 2. The smallest absolute Gasteiger partial charge is 0.330 e. The lowest BCUT2D eigenvalue weighted by molar-refractivity contribution is -0.137. The van der Waals surface area contributed by atoms with Crippen LogP contribution < -0.4 is 0 Å². The summed E-state index contributed by atoms with van der Waals surface area (Å²) >= 11 is 0. The molecular formula is C16H30O2. The highest BCUT2D eigenvalue weighted by atomic mass is 16.5. The van der Waals surface area contributed by atoms with Crippen molar-refractivity contribution < 1.29 is 9.53 Å². The molecule has 0 unspecified atom stereocenters. The van der Waals surface area contributed by atoms with E-state index in [2.05, 4.69) is 20.8 Å². The van der Waals surface area contributed by atoms with Crippen LogP contribution in [0.15, 0.2) is 12.2 Å². The van der Waals surface area contributed by atoms with Crippen LogP contribution in [0.5, 0.6) is 0 Å². The van der Waals surface area contributed by atoms with E-state index in [1.54, 1.807) is 6.08 Å². The zero-order valence-corrected chi connectivity index (χ0v) is 12.4. The van der Waals surface area contributed by atoms with Crippen LogP contribution in [-0.4, -0.2) is 12.6 Å². The molecule has 0 rings (SSSR count). The van der Waals surface area contributed by atoms with Gasteiger partial charge in [-0.1, -0.05) is 65.4 Å². The average molecular weight is 254 g/mol. The van der Waals surface area contributed by atoms with Gasteiger partial charge in [-0.3, -0.25) is 0 Å². The second kappa shape index (κ2) is 12.7. The van der Waals surface area contributed by atoms with Gasteiger partial charge in [0.15, 0.2) is 0 Å². The molecule has 0 aliphatic carbocycles. The minimum Gasteiger partial charge on any atom is -0.463 e. The fourth-order valence-electron chi connectivity index (χ4n) is 1.72. The highest BCUT2D eigenvalue weighted by Gasteiger charge is 1.97. The lowest BCUT2D eigenvalue weighted by Crippen LogP contribution is -2.02. The van der Waals surface area contributed by atoms with E-state index in [1.807, 2.05) is 6.08 Å². The Morgan fingerprint density at radius 1 is 1.06 bits per heavy atom. The molecule has 18 heavy (non-hydrogen) atoms. The van der Waals surface area contributed by atoms with Crippen molar-refractivity contribution >= 4 is 5.97 Å². The van der Waals surface area contributed by atoms with Gasteiger partial charge < -0.3 is 4.74 Å². The van der Waals surface area contributed by atoms with Crippen molar-refractivity contribution in [3.63, 3.8) is 0 Å². The van der Waals surface area contributed by atoms with Crippen molar-refractivity contribution in [1.82, 2.24) is 0 Å². The molecule has 0 fully saturated rings. The standard InChI is InChI=1S/C16H30O2/c1-4-5-6-7-8-9-10-14-18-16(17)13-11-12-15(2)3/h11,13,15H,4-10,12,14H2,1-3H3. The van der Waals surface area contributed by atoms with Gasteiger partial charge in [0.1, 0.15) is 0 Å². The number of allylic oxidation sites excluding steroid dienone is 1. The molecule has 2 nitrogen and oxygen atoms in total. The van der Waals surface area contributed by atoms with E-state index in [9.17, 15) is 4.79 Å². The fourth-order valence-corrected chi connectivity index (χ4v) is 1.72. The fraction of sp³-hybridized carbons (Fsp3) is 0.812. The molecule has 0 heterocycles. The van der Waals surface area contributed by atoms with Gasteiger partial charge in [-0.2, -0.15) is 0 Å². The largest absolute Gasteiger partial charge is 0.463 e. The van der Waals surface area contributed by atoms with Crippen LogP contribution in [0.3, 0.4) is 0 Å². The lowest BCUT2D eigenvalue weighted by atomic mass is 10.1. The summed E-state index contributed by atoms with van der Waals surface area (Å²) in [6, 6.07) is 0. The summed E-state index contributed by atoms with van der Waals surface area (Å²) in [5.74, 6) is 0.402. The van der Waals surface area contributed by atoms with Gasteiger partial charge in [-0.05, 0) is 18.8 Å². The molecular weight excluding hydrogens is 224 g/mol. The van der Waals surface area contributed by atoms with Gasteiger partial charge in [0.05, 0.1) is 6.61 Å². The molecule has 0 saturated heterocycles. The quantitative estimate of drug-likeness (QED) is 0.298. The highest BCUT2D eigenvalue weighted by molar-refractivity contribution is 5.81. The first kappa shape index (κ1) is 17.2. The number of ether oxygens (including phenoxy) is 1. The molecule has 0 N–H and O–H groups in total. The number of unbranched alkanes of at least 4 members (excludes halogenated alkanes) is 6. The summed E-state index contributed by atoms with van der Waals surface area (Å²) in [6.45, 7) is 7.06. The van der Waals surface area contributed by atoms with Gasteiger partial charge in [0.25, 0.3) is 0 Å². The molecule has 0 aromatic carbocycles. The average Bonchev–Trinajstić information content (AvgIpc) is 2.32. The molecule has 0 bridgehead atoms. The van der Waals surface area contributed by atoms with Crippen LogP contribution in [0.2, 0.25) is 0 Å². The van der Waals surface area contributed by atoms with Gasteiger partial charge in [0.2, 0.25) is 0 Å². The molecule has 0 radical (unpaired) electrons. The molecule has 0 spiro atoms. The lowest BCUT2D eigenvalue weighted by Gasteiger charge is -2.02. The van der Waals surface area contributed by atoms with Crippen LogP contribution in [0.4, 0.5) is 0 Å². The van der Waals surface area contributed by atoms with E-state index in [0.717, 1.165) is 12.8 Å². The molecule has 0 atom stereocenters. The summed E-state index contributed by atoms with van der Waals surface area (Å²) in [4.78, 5) is 11.3. The second-order valence-corrected chi connectivity index (χ2v) is 5.32. The van der Waals surface area contributed by atoms with E-state index in [4.69, 9.17) is 4.74 Å². The van der Waals surface area contributed by atoms with E-state index in [0.29, 0.717) is 12.5 Å². The maximum absolute atomic E-state index is 11.3. The number of carbonyl (C=O) groups is 1. The topological polar surface area (TPSA) is 26.3 Å². The van der Waals surface area contributed by atoms with Gasteiger partial charge >= 0.3 is 5.97 Å². The van der Waals surface area contributed by atoms with Gasteiger partial charge in [-0.15, -0.1) is 0 Å². The monoisotopic (exact) mass is 254 g/mol. The molecule has 0 aliphatic rings. The molecule has 0 saturated carbocycles. The third-order valence-corrected chi connectivity index (χ3v) is 2.85. The Labute approximate surface area is 113 Å². The van der Waals surface area contributed by atoms with E-state index in [1.165, 1.54) is 38.5 Å². The van der Waals surface area contributed by atoms with Crippen molar-refractivity contribution in [1.29, 1.82) is 0 Å². The summed E-state index contributed by atoms with van der Waals surface area (Å²) in [7, 11) is 0. The first-order valence-corrected chi connectivity index (χ1v) is 7.50. The molecule has 0 aromatic rings. The zero-order chi connectivity index (χ0) is 13.6.